The molecule has 0 aliphatic carbocycles. The van der Waals surface area contributed by atoms with Crippen LogP contribution in [0, 0.1) is 0 Å². The van der Waals surface area contributed by atoms with Crippen molar-refractivity contribution in [2.24, 2.45) is 0 Å². The summed E-state index contributed by atoms with van der Waals surface area (Å²) in [4.78, 5) is 5.19. The van der Waals surface area contributed by atoms with Crippen LogP contribution in [0.1, 0.15) is 114 Å². The van der Waals surface area contributed by atoms with E-state index in [-0.39, 0.29) is 21.7 Å². The molecule has 2 unspecified atom stereocenters. The molecule has 5 heteroatoms. The van der Waals surface area contributed by atoms with Crippen molar-refractivity contribution in [1.29, 1.82) is 0 Å². The molecule has 4 heterocycles. The molecule has 89 heavy (non-hydrogen) atoms. The van der Waals surface area contributed by atoms with Gasteiger partial charge in [0, 0.05) is 82.1 Å². The molecule has 0 bridgehead atoms. The first-order valence-corrected chi connectivity index (χ1v) is 32.6. The summed E-state index contributed by atoms with van der Waals surface area (Å²) in [7, 11) is 4.51. The van der Waals surface area contributed by atoms with Gasteiger partial charge in [-0.2, -0.15) is 9.15 Å². The van der Waals surface area contributed by atoms with Crippen molar-refractivity contribution < 1.29 is 13.9 Å². The van der Waals surface area contributed by atoms with Gasteiger partial charge >= 0.3 is 0 Å². The van der Waals surface area contributed by atoms with Gasteiger partial charge in [-0.05, 0) is 166 Å². The highest BCUT2D eigenvalue weighted by Gasteiger charge is 2.50. The van der Waals surface area contributed by atoms with E-state index >= 15 is 0 Å². The summed E-state index contributed by atoms with van der Waals surface area (Å²) in [5.41, 5.74) is 17.6. The molecule has 2 atom stereocenters. The van der Waals surface area contributed by atoms with Crippen molar-refractivity contribution in [2.75, 3.05) is 37.0 Å². The van der Waals surface area contributed by atoms with Crippen LogP contribution in [-0.2, 0) is 34.5 Å². The fraction of sp³-hybridized carbons (Fsp3) is 0.262. The van der Waals surface area contributed by atoms with Crippen molar-refractivity contribution in [3.8, 4) is 11.5 Å². The molecule has 0 radical (unpaired) electrons. The maximum absolute atomic E-state index is 6.71. The molecule has 444 valence electrons. The minimum absolute atomic E-state index is 0.169. The molecule has 5 nitrogen and oxygen atoms in total. The Kier molecular flexibility index (Phi) is 14.6. The van der Waals surface area contributed by atoms with Crippen LogP contribution in [-0.4, -0.2) is 47.8 Å². The van der Waals surface area contributed by atoms with Gasteiger partial charge in [0.2, 0.25) is 11.4 Å². The molecule has 0 N–H and O–H groups in total. The summed E-state index contributed by atoms with van der Waals surface area (Å²) in [6.45, 7) is 21.1. The molecule has 4 aliphatic heterocycles. The lowest BCUT2D eigenvalue weighted by Crippen LogP contribution is -2.33. The van der Waals surface area contributed by atoms with E-state index in [1.54, 1.807) is 0 Å². The van der Waals surface area contributed by atoms with Gasteiger partial charge < -0.3 is 14.5 Å². The van der Waals surface area contributed by atoms with Crippen molar-refractivity contribution in [3.05, 3.63) is 275 Å². The molecule has 0 amide bonds. The maximum atomic E-state index is 6.71. The van der Waals surface area contributed by atoms with Crippen LogP contribution < -0.4 is 14.5 Å². The average molecular weight is 1170 g/mol. The lowest BCUT2D eigenvalue weighted by molar-refractivity contribution is -0.401. The van der Waals surface area contributed by atoms with E-state index in [4.69, 9.17) is 4.74 Å². The number of hydrogen-bond acceptors (Lipinski definition) is 3. The third-order valence-electron chi connectivity index (χ3n) is 20.7. The van der Waals surface area contributed by atoms with Crippen LogP contribution in [0.4, 0.5) is 22.7 Å². The smallest absolute Gasteiger partial charge is 0.210 e. The highest BCUT2D eigenvalue weighted by atomic mass is 16.5. The Balaban J connectivity index is 0.735. The zero-order chi connectivity index (χ0) is 61.4. The minimum Gasteiger partial charge on any atom is -0.457 e. The molecule has 0 fully saturated rings. The summed E-state index contributed by atoms with van der Waals surface area (Å²) in [5.74, 6) is 1.65. The highest BCUT2D eigenvalue weighted by Crippen LogP contribution is 2.54. The van der Waals surface area contributed by atoms with Crippen LogP contribution in [0.5, 0.6) is 11.5 Å². The first-order valence-electron chi connectivity index (χ1n) is 32.6. The Morgan fingerprint density at radius 2 is 0.730 bits per heavy atom. The van der Waals surface area contributed by atoms with Gasteiger partial charge in [0.05, 0.1) is 10.8 Å². The predicted molar refractivity (Wildman–Crippen MR) is 378 cm³/mol. The standard InChI is InChI=1S/C84H84N4O/c1-11-13-53-87-71-51-43-59-25-15-19-29-65(59)77(71)81(3,4)73(87)33-23-35-75-83(7,79-67-31-21-17-27-61(67)41-49-69(79)85(75)9)55-57-37-45-63(46-38-57)89-64-47-39-58(40-48-64)56-84(8)76(86(10)70-50-42-62-28-18-22-32-68(62)80(70)84)36-24-34-74-82(5,6)78-66-30-20-16-26-60(66)44-52-72(78)88(74)54-14-12-2/h15-52H,11-14,53-56H2,1-10H3/q+2. The Bertz CT molecular complexity index is 4370. The second-order valence-electron chi connectivity index (χ2n) is 27.1. The number of nitrogens with zero attached hydrogens (tertiary/aromatic N) is 4. The molecule has 0 saturated heterocycles. The predicted octanol–water partition coefficient (Wildman–Crippen LogP) is 20.6. The summed E-state index contributed by atoms with van der Waals surface area (Å²) in [6, 6.07) is 71.8. The van der Waals surface area contributed by atoms with Gasteiger partial charge in [0.25, 0.3) is 0 Å². The number of fused-ring (bicyclic) bond motifs is 12. The maximum Gasteiger partial charge on any atom is 0.210 e. The van der Waals surface area contributed by atoms with Crippen LogP contribution >= 0.6 is 0 Å². The van der Waals surface area contributed by atoms with E-state index in [1.165, 1.54) is 122 Å². The molecule has 4 aliphatic rings. The van der Waals surface area contributed by atoms with Crippen molar-refractivity contribution in [3.63, 3.8) is 0 Å². The van der Waals surface area contributed by atoms with Gasteiger partial charge in [-0.25, -0.2) is 0 Å². The summed E-state index contributed by atoms with van der Waals surface area (Å²) in [5, 5.41) is 10.4. The van der Waals surface area contributed by atoms with Crippen molar-refractivity contribution >= 4 is 77.3 Å². The van der Waals surface area contributed by atoms with E-state index < -0.39 is 0 Å². The van der Waals surface area contributed by atoms with E-state index in [0.717, 1.165) is 63.1 Å². The summed E-state index contributed by atoms with van der Waals surface area (Å²) in [6.07, 6.45) is 20.5. The third kappa shape index (κ3) is 9.57. The molecule has 10 aromatic carbocycles. The molecule has 10 aromatic rings. The number of allylic oxidation sites excluding steroid dienone is 8. The van der Waals surface area contributed by atoms with Crippen LogP contribution in [0.2, 0.25) is 0 Å². The summed E-state index contributed by atoms with van der Waals surface area (Å²) >= 11 is 0. The van der Waals surface area contributed by atoms with E-state index in [2.05, 4.69) is 319 Å². The van der Waals surface area contributed by atoms with Crippen molar-refractivity contribution in [1.82, 2.24) is 0 Å². The SMILES string of the molecule is CCCCN1/C(=C/C=C/C2=[N+](C)c3ccc4ccccc4c3C2(C)Cc2ccc(Oc3ccc(CC4(C)C(/C=C/C=C5/N(CCCC)c6ccc7ccccc7c6C5(C)C)=[N+](C)c5ccc6ccccc6c54)cc3)cc2)C(C)(C)c2c1ccc1ccccc21. The Morgan fingerprint density at radius 1 is 0.393 bits per heavy atom. The van der Waals surface area contributed by atoms with E-state index in [0.29, 0.717) is 0 Å². The van der Waals surface area contributed by atoms with E-state index in [1.807, 2.05) is 0 Å². The second kappa shape index (κ2) is 22.5. The average Bonchev–Trinajstić information content (AvgIpc) is 1.63. The first kappa shape index (κ1) is 57.7. The zero-order valence-corrected chi connectivity index (χ0v) is 53.8. The Morgan fingerprint density at radius 3 is 1.09 bits per heavy atom. The fourth-order valence-corrected chi connectivity index (χ4v) is 16.4. The normalized spacial score (nSPS) is 20.0. The number of rotatable bonds is 16. The zero-order valence-electron chi connectivity index (χ0n) is 53.8. The molecule has 0 spiro atoms. The molecule has 0 aromatic heterocycles. The monoisotopic (exact) mass is 1160 g/mol. The van der Waals surface area contributed by atoms with Gasteiger partial charge in [-0.3, -0.25) is 0 Å². The third-order valence-corrected chi connectivity index (χ3v) is 20.7. The molecular weight excluding hydrogens is 1080 g/mol. The Hall–Kier alpha value is -9.06. The van der Waals surface area contributed by atoms with Gasteiger partial charge in [-0.1, -0.05) is 200 Å². The molecular formula is C84H84N4O+2. The highest BCUT2D eigenvalue weighted by molar-refractivity contribution is 6.10. The van der Waals surface area contributed by atoms with Crippen LogP contribution in [0.25, 0.3) is 43.1 Å². The lowest BCUT2D eigenvalue weighted by Gasteiger charge is -2.27. The topological polar surface area (TPSA) is 21.7 Å². The number of ether oxygens (including phenoxy) is 1. The fourth-order valence-electron chi connectivity index (χ4n) is 16.4. The second-order valence-corrected chi connectivity index (χ2v) is 27.1. The Labute approximate surface area is 527 Å². The summed E-state index contributed by atoms with van der Waals surface area (Å²) < 4.78 is 11.6. The van der Waals surface area contributed by atoms with E-state index in [9.17, 15) is 0 Å². The largest absolute Gasteiger partial charge is 0.457 e. The number of hydrogen-bond donors (Lipinski definition) is 0. The molecule has 14 rings (SSSR count). The lowest BCUT2D eigenvalue weighted by atomic mass is 9.73. The molecule has 0 saturated carbocycles. The quantitative estimate of drug-likeness (QED) is 0.0900. The van der Waals surface area contributed by atoms with Crippen LogP contribution in [0.15, 0.2) is 242 Å². The number of benzene rings is 10. The first-order chi connectivity index (χ1) is 43.1. The number of unbranched alkanes of at least 4 members (excludes halogenated alkanes) is 2. The van der Waals surface area contributed by atoms with Gasteiger partial charge in [0.1, 0.15) is 25.6 Å². The van der Waals surface area contributed by atoms with Crippen molar-refractivity contribution in [2.45, 2.75) is 116 Å². The number of anilines is 2. The van der Waals surface area contributed by atoms with Crippen LogP contribution in [0.3, 0.4) is 0 Å². The van der Waals surface area contributed by atoms with Gasteiger partial charge in [-0.15, -0.1) is 0 Å². The van der Waals surface area contributed by atoms with Gasteiger partial charge in [0.15, 0.2) is 11.4 Å². The minimum atomic E-state index is -0.322.